The molecule has 0 aliphatic carbocycles. The number of hydrogen-bond acceptors (Lipinski definition) is 3. The zero-order valence-electron chi connectivity index (χ0n) is 10.2. The largest absolute Gasteiger partial charge is 0.464 e. The van der Waals surface area contributed by atoms with E-state index in [-0.39, 0.29) is 5.69 Å². The topological polar surface area (TPSA) is 68.1 Å². The normalized spacial score (nSPS) is 10.5. The van der Waals surface area contributed by atoms with Crippen LogP contribution >= 0.6 is 23.2 Å². The number of aromatic amines is 1. The molecule has 3 N–H and O–H groups in total. The first-order chi connectivity index (χ1) is 9.02. The van der Waals surface area contributed by atoms with E-state index in [0.29, 0.717) is 22.2 Å². The number of anilines is 1. The van der Waals surface area contributed by atoms with Crippen LogP contribution in [0.1, 0.15) is 21.6 Å². The molecule has 0 aliphatic heterocycles. The maximum Gasteiger partial charge on any atom is 0.356 e. The molecule has 1 heterocycles. The third-order valence-electron chi connectivity index (χ3n) is 2.77. The van der Waals surface area contributed by atoms with Crippen LogP contribution in [0.5, 0.6) is 0 Å². The number of aromatic nitrogens is 1. The highest BCUT2D eigenvalue weighted by atomic mass is 35.5. The molecule has 100 valence electrons. The molecule has 0 bridgehead atoms. The fourth-order valence-corrected chi connectivity index (χ4v) is 2.08. The molecule has 0 saturated heterocycles. The van der Waals surface area contributed by atoms with Crippen molar-refractivity contribution in [2.45, 2.75) is 6.42 Å². The van der Waals surface area contributed by atoms with Crippen LogP contribution in [0, 0.1) is 0 Å². The Bertz CT molecular complexity index is 623. The van der Waals surface area contributed by atoms with Gasteiger partial charge in [-0.1, -0.05) is 29.3 Å². The number of nitrogens with one attached hydrogen (secondary N) is 1. The molecule has 0 radical (unpaired) electrons. The van der Waals surface area contributed by atoms with E-state index in [0.717, 1.165) is 11.1 Å². The highest BCUT2D eigenvalue weighted by Gasteiger charge is 2.15. The van der Waals surface area contributed by atoms with Crippen molar-refractivity contribution < 1.29 is 9.53 Å². The molecule has 0 amide bonds. The number of methoxy groups -OCH3 is 1. The Morgan fingerprint density at radius 3 is 2.74 bits per heavy atom. The van der Waals surface area contributed by atoms with E-state index in [1.54, 1.807) is 18.3 Å². The zero-order valence-corrected chi connectivity index (χ0v) is 11.7. The number of carbonyl (C=O) groups is 1. The summed E-state index contributed by atoms with van der Waals surface area (Å²) in [5.74, 6) is -0.488. The Labute approximate surface area is 120 Å². The van der Waals surface area contributed by atoms with Gasteiger partial charge in [-0.15, -0.1) is 0 Å². The van der Waals surface area contributed by atoms with Gasteiger partial charge in [0.05, 0.1) is 22.8 Å². The fraction of sp³-hybridized carbons (Fsp3) is 0.154. The number of hydrogen-bond donors (Lipinski definition) is 2. The Hall–Kier alpha value is -1.65. The number of ether oxygens (including phenoxy) is 1. The Morgan fingerprint density at radius 1 is 1.37 bits per heavy atom. The minimum absolute atomic E-state index is 0.262. The molecular formula is C13H12Cl2N2O2. The van der Waals surface area contributed by atoms with Crippen LogP contribution in [-0.2, 0) is 11.2 Å². The molecule has 0 fully saturated rings. The Balaban J connectivity index is 2.26. The standard InChI is InChI=1S/C13H12Cl2N2O2/c1-19-13(18)12-11(16)8(6-17-12)4-7-2-3-9(14)10(15)5-7/h2-3,5-6,17H,4,16H2,1H3. The summed E-state index contributed by atoms with van der Waals surface area (Å²) in [5, 5.41) is 0.990. The van der Waals surface area contributed by atoms with Crippen LogP contribution in [0.4, 0.5) is 5.69 Å². The van der Waals surface area contributed by atoms with Crippen LogP contribution in [0.25, 0.3) is 0 Å². The second-order valence-electron chi connectivity index (χ2n) is 4.02. The summed E-state index contributed by atoms with van der Waals surface area (Å²) in [6.07, 6.45) is 2.24. The maximum absolute atomic E-state index is 11.4. The second kappa shape index (κ2) is 5.55. The predicted molar refractivity (Wildman–Crippen MR) is 75.8 cm³/mol. The van der Waals surface area contributed by atoms with Crippen molar-refractivity contribution in [3.8, 4) is 0 Å². The number of carbonyl (C=O) groups excluding carboxylic acids is 1. The number of rotatable bonds is 3. The molecule has 1 aromatic carbocycles. The lowest BCUT2D eigenvalue weighted by Crippen LogP contribution is -2.05. The smallest absolute Gasteiger partial charge is 0.356 e. The molecule has 6 heteroatoms. The van der Waals surface area contributed by atoms with E-state index in [9.17, 15) is 4.79 Å². The fourth-order valence-electron chi connectivity index (χ4n) is 1.76. The Morgan fingerprint density at radius 2 is 2.11 bits per heavy atom. The molecule has 0 spiro atoms. The van der Waals surface area contributed by atoms with E-state index in [1.807, 2.05) is 6.07 Å². The van der Waals surface area contributed by atoms with Crippen LogP contribution in [-0.4, -0.2) is 18.1 Å². The van der Waals surface area contributed by atoms with E-state index < -0.39 is 5.97 Å². The average Bonchev–Trinajstić information content (AvgIpc) is 2.75. The van der Waals surface area contributed by atoms with Gasteiger partial charge in [0.2, 0.25) is 0 Å². The van der Waals surface area contributed by atoms with Crippen molar-refractivity contribution in [1.29, 1.82) is 0 Å². The minimum atomic E-state index is -0.488. The molecule has 0 saturated carbocycles. The van der Waals surface area contributed by atoms with Crippen LogP contribution in [0.2, 0.25) is 10.0 Å². The third kappa shape index (κ3) is 2.85. The van der Waals surface area contributed by atoms with Crippen LogP contribution < -0.4 is 5.73 Å². The summed E-state index contributed by atoms with van der Waals surface area (Å²) < 4.78 is 4.63. The zero-order chi connectivity index (χ0) is 14.0. The summed E-state index contributed by atoms with van der Waals surface area (Å²) in [4.78, 5) is 14.2. The number of esters is 1. The summed E-state index contributed by atoms with van der Waals surface area (Å²) in [6.45, 7) is 0. The van der Waals surface area contributed by atoms with Crippen molar-refractivity contribution in [2.75, 3.05) is 12.8 Å². The number of halogens is 2. The first-order valence-corrected chi connectivity index (χ1v) is 6.26. The molecule has 4 nitrogen and oxygen atoms in total. The van der Waals surface area contributed by atoms with Gasteiger partial charge in [0.15, 0.2) is 0 Å². The van der Waals surface area contributed by atoms with Crippen LogP contribution in [0.15, 0.2) is 24.4 Å². The number of H-pyrrole nitrogens is 1. The van der Waals surface area contributed by atoms with Gasteiger partial charge in [-0.2, -0.15) is 0 Å². The van der Waals surface area contributed by atoms with Gasteiger partial charge in [0.1, 0.15) is 5.69 Å². The predicted octanol–water partition coefficient (Wildman–Crippen LogP) is 3.28. The maximum atomic E-state index is 11.4. The first-order valence-electron chi connectivity index (χ1n) is 5.51. The average molecular weight is 299 g/mol. The molecule has 0 aliphatic rings. The van der Waals surface area contributed by atoms with E-state index in [4.69, 9.17) is 28.9 Å². The van der Waals surface area contributed by atoms with E-state index in [1.165, 1.54) is 7.11 Å². The lowest BCUT2D eigenvalue weighted by molar-refractivity contribution is 0.0596. The van der Waals surface area contributed by atoms with Crippen molar-refractivity contribution >= 4 is 34.9 Å². The number of nitrogens with two attached hydrogens (primary N) is 1. The Kier molecular flexibility index (Phi) is 4.02. The third-order valence-corrected chi connectivity index (χ3v) is 3.51. The molecule has 1 aromatic heterocycles. The second-order valence-corrected chi connectivity index (χ2v) is 4.83. The molecule has 2 rings (SSSR count). The highest BCUT2D eigenvalue weighted by molar-refractivity contribution is 6.42. The SMILES string of the molecule is COC(=O)c1[nH]cc(Cc2ccc(Cl)c(Cl)c2)c1N. The molecule has 2 aromatic rings. The van der Waals surface area contributed by atoms with Crippen molar-refractivity contribution in [3.63, 3.8) is 0 Å². The monoisotopic (exact) mass is 298 g/mol. The number of nitrogen functional groups attached to an aromatic ring is 1. The van der Waals surface area contributed by atoms with Gasteiger partial charge in [-0.3, -0.25) is 0 Å². The van der Waals surface area contributed by atoms with E-state index in [2.05, 4.69) is 9.72 Å². The van der Waals surface area contributed by atoms with Crippen molar-refractivity contribution in [1.82, 2.24) is 4.98 Å². The summed E-state index contributed by atoms with van der Waals surface area (Å²) in [5.41, 5.74) is 8.31. The molecule has 0 unspecified atom stereocenters. The van der Waals surface area contributed by atoms with Crippen molar-refractivity contribution in [3.05, 3.63) is 51.3 Å². The van der Waals surface area contributed by atoms with Gasteiger partial charge in [0, 0.05) is 12.6 Å². The summed E-state index contributed by atoms with van der Waals surface area (Å²) in [7, 11) is 1.31. The minimum Gasteiger partial charge on any atom is -0.464 e. The molecular weight excluding hydrogens is 287 g/mol. The van der Waals surface area contributed by atoms with Gasteiger partial charge in [-0.05, 0) is 23.3 Å². The van der Waals surface area contributed by atoms with E-state index >= 15 is 0 Å². The molecule has 0 atom stereocenters. The first kappa shape index (κ1) is 13.8. The van der Waals surface area contributed by atoms with Crippen LogP contribution in [0.3, 0.4) is 0 Å². The lowest BCUT2D eigenvalue weighted by Gasteiger charge is -2.03. The quantitative estimate of drug-likeness (QED) is 0.855. The highest BCUT2D eigenvalue weighted by Crippen LogP contribution is 2.26. The molecule has 19 heavy (non-hydrogen) atoms. The summed E-state index contributed by atoms with van der Waals surface area (Å²) >= 11 is 11.8. The van der Waals surface area contributed by atoms with Gasteiger partial charge in [0.25, 0.3) is 0 Å². The lowest BCUT2D eigenvalue weighted by atomic mass is 10.1. The van der Waals surface area contributed by atoms with Gasteiger partial charge < -0.3 is 15.5 Å². The summed E-state index contributed by atoms with van der Waals surface area (Å²) in [6, 6.07) is 5.36. The number of benzene rings is 1. The van der Waals surface area contributed by atoms with Gasteiger partial charge in [-0.25, -0.2) is 4.79 Å². The van der Waals surface area contributed by atoms with Crippen molar-refractivity contribution in [2.24, 2.45) is 0 Å². The van der Waals surface area contributed by atoms with Gasteiger partial charge >= 0.3 is 5.97 Å².